The number of benzene rings is 1. The third-order valence-corrected chi connectivity index (χ3v) is 4.99. The first kappa shape index (κ1) is 11.9. The van der Waals surface area contributed by atoms with Gasteiger partial charge in [-0.2, -0.15) is 5.10 Å². The molecule has 1 saturated heterocycles. The molecule has 1 unspecified atom stereocenters. The Labute approximate surface area is 198 Å². The van der Waals surface area contributed by atoms with E-state index in [2.05, 4.69) is 10.1 Å². The summed E-state index contributed by atoms with van der Waals surface area (Å²) in [6, 6.07) is 0.879. The number of aromatic nitrogens is 3. The maximum absolute atomic E-state index is 14.2. The van der Waals surface area contributed by atoms with Crippen molar-refractivity contribution in [1.82, 2.24) is 20.1 Å². The highest BCUT2D eigenvalue weighted by Crippen LogP contribution is 2.37. The van der Waals surface area contributed by atoms with Crippen molar-refractivity contribution in [1.29, 1.82) is 0 Å². The molecule has 1 aliphatic rings. The normalized spacial score (nSPS) is 30.5. The first-order chi connectivity index (χ1) is 18.2. The maximum Gasteiger partial charge on any atom is 0.166 e. The number of nitrogens with zero attached hydrogens (tertiary/aromatic N) is 3. The van der Waals surface area contributed by atoms with E-state index >= 15 is 0 Å². The van der Waals surface area contributed by atoms with Gasteiger partial charge in [-0.1, -0.05) is 23.2 Å². The molecule has 2 aromatic heterocycles. The SMILES string of the molecule is [2H]C1([2H])CC([2H])(n2cc(-c3cnc(N)c(O[C@@H](c4c(Cl)ccc(F)c4Cl)C([2H])([2H])[2H])c3)cn2)C([2H])([2H])C([2H])([2H])N1. The Hall–Kier alpha value is -2.35. The van der Waals surface area contributed by atoms with Crippen LogP contribution in [-0.2, 0) is 0 Å². The third-order valence-electron chi connectivity index (χ3n) is 4.27. The lowest BCUT2D eigenvalue weighted by molar-refractivity contribution is 0.227. The quantitative estimate of drug-likeness (QED) is 0.522. The second-order valence-electron chi connectivity index (χ2n) is 6.21. The minimum Gasteiger partial charge on any atom is -0.482 e. The van der Waals surface area contributed by atoms with Gasteiger partial charge >= 0.3 is 0 Å². The Bertz CT molecular complexity index is 1450. The highest BCUT2D eigenvalue weighted by atomic mass is 35.5. The summed E-state index contributed by atoms with van der Waals surface area (Å²) in [5.41, 5.74) is 6.04. The largest absolute Gasteiger partial charge is 0.482 e. The van der Waals surface area contributed by atoms with Gasteiger partial charge in [0, 0.05) is 46.4 Å². The number of pyridine rings is 1. The van der Waals surface area contributed by atoms with Crippen molar-refractivity contribution in [2.75, 3.05) is 18.7 Å². The van der Waals surface area contributed by atoms with E-state index in [-0.39, 0.29) is 33.3 Å². The van der Waals surface area contributed by atoms with E-state index in [0.717, 1.165) is 16.8 Å². The van der Waals surface area contributed by atoms with Crippen LogP contribution in [0.5, 0.6) is 5.75 Å². The number of halogens is 3. The van der Waals surface area contributed by atoms with Gasteiger partial charge in [-0.15, -0.1) is 0 Å². The standard InChI is InChI=1S/C21H22Cl2FN5O/c1-12(19-16(22)2-3-17(24)20(19)23)30-18-8-13(9-27-21(18)25)14-10-28-29(11-14)15-4-6-26-7-5-15/h2-3,8-12,15,26H,4-7H2,1H3,(H2,25,27)/t12-/m1/s1/i1D3,4D2,6D2,7D2,15D/t12-,15?. The zero-order valence-electron chi connectivity index (χ0n) is 25.2. The van der Waals surface area contributed by atoms with Crippen LogP contribution in [0.15, 0.2) is 36.8 Å². The lowest BCUT2D eigenvalue weighted by atomic mass is 10.1. The summed E-state index contributed by atoms with van der Waals surface area (Å²) in [4.78, 5) is 4.00. The summed E-state index contributed by atoms with van der Waals surface area (Å²) in [5.74, 6) is -1.39. The van der Waals surface area contributed by atoms with Crippen LogP contribution in [0.3, 0.4) is 0 Å². The van der Waals surface area contributed by atoms with Crippen LogP contribution < -0.4 is 15.8 Å². The van der Waals surface area contributed by atoms with Gasteiger partial charge in [-0.05, 0) is 50.8 Å². The molecule has 0 bridgehead atoms. The maximum atomic E-state index is 14.2. The van der Waals surface area contributed by atoms with E-state index < -0.39 is 55.6 Å². The molecule has 9 heteroatoms. The number of hydrogen-bond acceptors (Lipinski definition) is 5. The van der Waals surface area contributed by atoms with Crippen LogP contribution in [-0.4, -0.2) is 27.8 Å². The number of anilines is 1. The zero-order chi connectivity index (χ0) is 30.1. The van der Waals surface area contributed by atoms with Crippen LogP contribution >= 0.6 is 23.2 Å². The topological polar surface area (TPSA) is 78.0 Å². The lowest BCUT2D eigenvalue weighted by Crippen LogP contribution is -2.29. The average Bonchev–Trinajstić information content (AvgIpc) is 3.30. The molecule has 0 amide bonds. The van der Waals surface area contributed by atoms with Crippen molar-refractivity contribution in [2.24, 2.45) is 0 Å². The van der Waals surface area contributed by atoms with Crippen LogP contribution in [0.1, 0.15) is 51.0 Å². The Kier molecular flexibility index (Phi) is 3.48. The predicted octanol–water partition coefficient (Wildman–Crippen LogP) is 5.04. The zero-order valence-corrected chi connectivity index (χ0v) is 16.7. The molecular weight excluding hydrogens is 428 g/mol. The second-order valence-corrected chi connectivity index (χ2v) is 7.00. The first-order valence-corrected chi connectivity index (χ1v) is 9.36. The monoisotopic (exact) mass is 459 g/mol. The van der Waals surface area contributed by atoms with Gasteiger partial charge < -0.3 is 15.8 Å². The van der Waals surface area contributed by atoms with Gasteiger partial charge in [-0.25, -0.2) is 9.37 Å². The molecule has 1 aliphatic heterocycles. The molecule has 0 radical (unpaired) electrons. The van der Waals surface area contributed by atoms with Crippen LogP contribution in [0.25, 0.3) is 11.1 Å². The summed E-state index contributed by atoms with van der Waals surface area (Å²) in [6.45, 7) is -8.24. The minimum absolute atomic E-state index is 0.159. The minimum atomic E-state index is -2.93. The fraction of sp³-hybridized carbons (Fsp3) is 0.333. The van der Waals surface area contributed by atoms with Gasteiger partial charge in [0.05, 0.1) is 18.6 Å². The Morgan fingerprint density at radius 3 is 3.10 bits per heavy atom. The average molecular weight is 460 g/mol. The van der Waals surface area contributed by atoms with Crippen LogP contribution in [0, 0.1) is 5.82 Å². The summed E-state index contributed by atoms with van der Waals surface area (Å²) >= 11 is 12.2. The fourth-order valence-corrected chi connectivity index (χ4v) is 3.32. The van der Waals surface area contributed by atoms with Gasteiger partial charge in [0.25, 0.3) is 0 Å². The highest BCUT2D eigenvalue weighted by molar-refractivity contribution is 6.36. The number of hydrogen-bond donors (Lipinski definition) is 2. The van der Waals surface area contributed by atoms with Crippen molar-refractivity contribution >= 4 is 29.0 Å². The molecule has 1 aromatic carbocycles. The molecule has 30 heavy (non-hydrogen) atoms. The molecule has 0 aliphatic carbocycles. The van der Waals surface area contributed by atoms with Crippen molar-refractivity contribution in [3.63, 3.8) is 0 Å². The smallest absolute Gasteiger partial charge is 0.166 e. The molecule has 3 aromatic rings. The summed E-state index contributed by atoms with van der Waals surface area (Å²) in [5, 5.41) is 5.26. The molecule has 0 saturated carbocycles. The third kappa shape index (κ3) is 4.24. The second kappa shape index (κ2) is 8.79. The molecular formula is C21H22Cl2FN5O. The van der Waals surface area contributed by atoms with E-state index in [9.17, 15) is 4.39 Å². The Morgan fingerprint density at radius 2 is 2.27 bits per heavy atom. The summed E-state index contributed by atoms with van der Waals surface area (Å²) in [6.07, 6.45) is -1.90. The predicted molar refractivity (Wildman–Crippen MR) is 116 cm³/mol. The lowest BCUT2D eigenvalue weighted by Gasteiger charge is -2.22. The van der Waals surface area contributed by atoms with Crippen molar-refractivity contribution < 1.29 is 22.8 Å². The molecule has 3 N–H and O–H groups in total. The van der Waals surface area contributed by atoms with Crippen LogP contribution in [0.4, 0.5) is 10.2 Å². The Balaban J connectivity index is 1.74. The summed E-state index contributed by atoms with van der Waals surface area (Å²) in [7, 11) is 0. The van der Waals surface area contributed by atoms with E-state index in [1.807, 2.05) is 5.32 Å². The molecule has 2 atom stereocenters. The molecule has 3 heterocycles. The van der Waals surface area contributed by atoms with Crippen molar-refractivity contribution in [2.45, 2.75) is 31.8 Å². The van der Waals surface area contributed by atoms with Crippen molar-refractivity contribution in [3.8, 4) is 16.9 Å². The van der Waals surface area contributed by atoms with Gasteiger partial charge in [-0.3, -0.25) is 4.68 Å². The molecule has 1 fully saturated rings. The number of piperidine rings is 1. The number of nitrogens with one attached hydrogen (secondary N) is 1. The fourth-order valence-electron chi connectivity index (χ4n) is 2.75. The molecule has 6 nitrogen and oxygen atoms in total. The molecule has 4 rings (SSSR count). The van der Waals surface area contributed by atoms with Crippen molar-refractivity contribution in [3.05, 3.63) is 58.2 Å². The number of rotatable bonds is 5. The number of nitrogens with two attached hydrogens (primary N) is 1. The first-order valence-electron chi connectivity index (χ1n) is 13.6. The van der Waals surface area contributed by atoms with Gasteiger partial charge in [0.15, 0.2) is 11.6 Å². The van der Waals surface area contributed by atoms with E-state index in [1.165, 1.54) is 24.7 Å². The van der Waals surface area contributed by atoms with Gasteiger partial charge in [0.2, 0.25) is 0 Å². The Morgan fingerprint density at radius 1 is 1.40 bits per heavy atom. The molecule has 158 valence electrons. The van der Waals surface area contributed by atoms with E-state index in [1.54, 1.807) is 0 Å². The van der Waals surface area contributed by atoms with E-state index in [4.69, 9.17) is 47.4 Å². The van der Waals surface area contributed by atoms with Crippen LogP contribution in [0.2, 0.25) is 10.0 Å². The summed E-state index contributed by atoms with van der Waals surface area (Å²) < 4.78 is 102. The number of ether oxygens (including phenoxy) is 1. The van der Waals surface area contributed by atoms with Gasteiger partial charge in [0.1, 0.15) is 11.9 Å². The molecule has 0 spiro atoms. The van der Waals surface area contributed by atoms with E-state index in [0.29, 0.717) is 0 Å². The number of nitrogen functional groups attached to an aromatic ring is 1. The highest BCUT2D eigenvalue weighted by Gasteiger charge is 2.21.